The van der Waals surface area contributed by atoms with E-state index in [1.807, 2.05) is 55.5 Å². The van der Waals surface area contributed by atoms with Crippen molar-refractivity contribution in [3.8, 4) is 0 Å². The summed E-state index contributed by atoms with van der Waals surface area (Å²) in [7, 11) is 0. The molecule has 2 heteroatoms. The van der Waals surface area contributed by atoms with E-state index in [-0.39, 0.29) is 5.78 Å². The van der Waals surface area contributed by atoms with Crippen molar-refractivity contribution in [1.82, 2.24) is 0 Å². The van der Waals surface area contributed by atoms with E-state index in [1.165, 1.54) is 0 Å². The Hall–Kier alpha value is -1.93. The summed E-state index contributed by atoms with van der Waals surface area (Å²) in [6, 6.07) is 15.6. The summed E-state index contributed by atoms with van der Waals surface area (Å²) in [5.41, 5.74) is 3.82. The smallest absolute Gasteiger partial charge is 0.196 e. The fraction of sp³-hybridized carbons (Fsp3) is 0.188. The maximum Gasteiger partial charge on any atom is 0.196 e. The van der Waals surface area contributed by atoms with Gasteiger partial charge in [0, 0.05) is 5.56 Å². The zero-order valence-corrected chi connectivity index (χ0v) is 10.2. The summed E-state index contributed by atoms with van der Waals surface area (Å²) < 4.78 is 5.69. The van der Waals surface area contributed by atoms with E-state index in [0.717, 1.165) is 22.3 Å². The Morgan fingerprint density at radius 3 is 2.67 bits per heavy atom. The molecule has 0 spiro atoms. The van der Waals surface area contributed by atoms with Crippen LogP contribution in [0.25, 0.3) is 0 Å². The molecule has 3 rings (SSSR count). The topological polar surface area (TPSA) is 26.3 Å². The van der Waals surface area contributed by atoms with Crippen LogP contribution in [-0.2, 0) is 11.3 Å². The van der Waals surface area contributed by atoms with Crippen LogP contribution in [-0.4, -0.2) is 5.78 Å². The molecule has 0 saturated heterocycles. The van der Waals surface area contributed by atoms with Gasteiger partial charge in [0.2, 0.25) is 0 Å². The van der Waals surface area contributed by atoms with E-state index in [0.29, 0.717) is 6.61 Å². The Morgan fingerprint density at radius 2 is 1.89 bits per heavy atom. The Kier molecular flexibility index (Phi) is 2.73. The van der Waals surface area contributed by atoms with E-state index in [2.05, 4.69) is 0 Å². The molecule has 0 aromatic heterocycles. The molecule has 1 aliphatic heterocycles. The molecule has 0 amide bonds. The number of benzene rings is 2. The summed E-state index contributed by atoms with van der Waals surface area (Å²) in [5, 5.41) is 0. The van der Waals surface area contributed by atoms with Gasteiger partial charge in [0.05, 0.1) is 6.61 Å². The Balaban J connectivity index is 2.02. The second-order valence-corrected chi connectivity index (χ2v) is 4.63. The molecule has 0 saturated carbocycles. The van der Waals surface area contributed by atoms with Crippen molar-refractivity contribution < 1.29 is 9.53 Å². The van der Waals surface area contributed by atoms with Crippen molar-refractivity contribution in [3.05, 3.63) is 70.8 Å². The number of ketones is 1. The van der Waals surface area contributed by atoms with Crippen LogP contribution in [0.5, 0.6) is 0 Å². The molecule has 2 aromatic carbocycles. The van der Waals surface area contributed by atoms with Gasteiger partial charge in [-0.2, -0.15) is 0 Å². The van der Waals surface area contributed by atoms with Crippen molar-refractivity contribution >= 4 is 5.78 Å². The number of hydrogen-bond acceptors (Lipinski definition) is 2. The van der Waals surface area contributed by atoms with Crippen LogP contribution >= 0.6 is 0 Å². The van der Waals surface area contributed by atoms with Crippen molar-refractivity contribution in [1.29, 1.82) is 0 Å². The lowest BCUT2D eigenvalue weighted by atomic mass is 9.92. The molecule has 0 aliphatic carbocycles. The van der Waals surface area contributed by atoms with E-state index in [4.69, 9.17) is 4.74 Å². The van der Waals surface area contributed by atoms with Gasteiger partial charge in [0.25, 0.3) is 0 Å². The van der Waals surface area contributed by atoms with Gasteiger partial charge in [-0.25, -0.2) is 0 Å². The molecular formula is C16H14O2. The number of carbonyl (C=O) groups is 1. The molecule has 1 heterocycles. The highest BCUT2D eigenvalue weighted by atomic mass is 16.5. The highest BCUT2D eigenvalue weighted by Crippen LogP contribution is 2.30. The number of Topliss-reactive ketones (excluding diaryl/α,β-unsaturated/α-hetero) is 1. The van der Waals surface area contributed by atoms with Gasteiger partial charge in [-0.15, -0.1) is 0 Å². The van der Waals surface area contributed by atoms with Gasteiger partial charge < -0.3 is 4.74 Å². The predicted octanol–water partition coefficient (Wildman–Crippen LogP) is 3.45. The van der Waals surface area contributed by atoms with E-state index in [1.54, 1.807) is 0 Å². The second kappa shape index (κ2) is 4.39. The number of fused-ring (bicyclic) bond motifs is 1. The van der Waals surface area contributed by atoms with E-state index >= 15 is 0 Å². The lowest BCUT2D eigenvalue weighted by Crippen LogP contribution is -2.23. The van der Waals surface area contributed by atoms with Crippen LogP contribution in [0, 0.1) is 6.92 Å². The Labute approximate surface area is 106 Å². The first-order chi connectivity index (χ1) is 8.75. The average molecular weight is 238 g/mol. The Bertz CT molecular complexity index is 587. The monoisotopic (exact) mass is 238 g/mol. The zero-order valence-electron chi connectivity index (χ0n) is 10.2. The normalized spacial score (nSPS) is 18.5. The van der Waals surface area contributed by atoms with Gasteiger partial charge in [-0.1, -0.05) is 48.0 Å². The average Bonchev–Trinajstić information content (AvgIpc) is 2.41. The third-order valence-corrected chi connectivity index (χ3v) is 3.28. The van der Waals surface area contributed by atoms with Crippen LogP contribution in [0.1, 0.15) is 33.2 Å². The summed E-state index contributed by atoms with van der Waals surface area (Å²) in [6.45, 7) is 2.50. The van der Waals surface area contributed by atoms with Crippen LogP contribution in [0.2, 0.25) is 0 Å². The van der Waals surface area contributed by atoms with Gasteiger partial charge >= 0.3 is 0 Å². The molecular weight excluding hydrogens is 224 g/mol. The third-order valence-electron chi connectivity index (χ3n) is 3.28. The van der Waals surface area contributed by atoms with Gasteiger partial charge in [0.1, 0.15) is 6.10 Å². The number of hydrogen-bond donors (Lipinski definition) is 0. The molecule has 18 heavy (non-hydrogen) atoms. The minimum Gasteiger partial charge on any atom is -0.361 e. The molecule has 0 fully saturated rings. The number of ether oxygens (including phenoxy) is 1. The fourth-order valence-corrected chi connectivity index (χ4v) is 2.31. The standard InChI is InChI=1S/C16H14O2/c1-11-7-8-13-10-18-16(15(17)14(13)9-11)12-5-3-2-4-6-12/h2-9,16H,10H2,1H3. The first kappa shape index (κ1) is 11.2. The van der Waals surface area contributed by atoms with Gasteiger partial charge in [0.15, 0.2) is 5.78 Å². The molecule has 1 atom stereocenters. The molecule has 0 N–H and O–H groups in total. The summed E-state index contributed by atoms with van der Waals surface area (Å²) >= 11 is 0. The SMILES string of the molecule is Cc1ccc2c(c1)C(=O)C(c1ccccc1)OC2. The molecule has 0 bridgehead atoms. The lowest BCUT2D eigenvalue weighted by molar-refractivity contribution is 0.0256. The first-order valence-corrected chi connectivity index (χ1v) is 6.06. The van der Waals surface area contributed by atoms with Crippen LogP contribution in [0.3, 0.4) is 0 Å². The van der Waals surface area contributed by atoms with Crippen LogP contribution in [0.15, 0.2) is 48.5 Å². The summed E-state index contributed by atoms with van der Waals surface area (Å²) in [5.74, 6) is 0.0613. The number of rotatable bonds is 1. The molecule has 1 unspecified atom stereocenters. The minimum absolute atomic E-state index is 0.0613. The van der Waals surface area contributed by atoms with Crippen LogP contribution in [0.4, 0.5) is 0 Å². The number of aryl methyl sites for hydroxylation is 1. The minimum atomic E-state index is -0.458. The summed E-state index contributed by atoms with van der Waals surface area (Å²) in [6.07, 6.45) is -0.458. The Morgan fingerprint density at radius 1 is 1.11 bits per heavy atom. The van der Waals surface area contributed by atoms with Crippen molar-refractivity contribution in [2.45, 2.75) is 19.6 Å². The van der Waals surface area contributed by atoms with Crippen molar-refractivity contribution in [3.63, 3.8) is 0 Å². The molecule has 90 valence electrons. The number of carbonyl (C=O) groups excluding carboxylic acids is 1. The van der Waals surface area contributed by atoms with Crippen molar-refractivity contribution in [2.75, 3.05) is 0 Å². The maximum absolute atomic E-state index is 12.4. The van der Waals surface area contributed by atoms with E-state index in [9.17, 15) is 4.79 Å². The predicted molar refractivity (Wildman–Crippen MR) is 69.5 cm³/mol. The fourth-order valence-electron chi connectivity index (χ4n) is 2.31. The zero-order chi connectivity index (χ0) is 12.5. The maximum atomic E-state index is 12.4. The highest BCUT2D eigenvalue weighted by Gasteiger charge is 2.29. The van der Waals surface area contributed by atoms with Gasteiger partial charge in [-0.05, 0) is 24.1 Å². The van der Waals surface area contributed by atoms with E-state index < -0.39 is 6.10 Å². The third kappa shape index (κ3) is 1.85. The first-order valence-electron chi connectivity index (χ1n) is 6.06. The summed E-state index contributed by atoms with van der Waals surface area (Å²) in [4.78, 5) is 12.4. The second-order valence-electron chi connectivity index (χ2n) is 4.63. The molecule has 0 radical (unpaired) electrons. The molecule has 1 aliphatic rings. The van der Waals surface area contributed by atoms with Crippen LogP contribution < -0.4 is 0 Å². The largest absolute Gasteiger partial charge is 0.361 e. The quantitative estimate of drug-likeness (QED) is 0.760. The van der Waals surface area contributed by atoms with Gasteiger partial charge in [-0.3, -0.25) is 4.79 Å². The molecule has 2 aromatic rings. The van der Waals surface area contributed by atoms with Crippen molar-refractivity contribution in [2.24, 2.45) is 0 Å². The molecule has 2 nitrogen and oxygen atoms in total. The highest BCUT2D eigenvalue weighted by molar-refractivity contribution is 6.02. The lowest BCUT2D eigenvalue weighted by Gasteiger charge is -2.24.